The van der Waals surface area contributed by atoms with Gasteiger partial charge in [0.1, 0.15) is 17.6 Å². The Morgan fingerprint density at radius 1 is 1.19 bits per heavy atom. The monoisotopic (exact) mass is 370 g/mol. The Bertz CT molecular complexity index is 574. The van der Waals surface area contributed by atoms with E-state index in [1.807, 2.05) is 0 Å². The Balaban J connectivity index is 2.89. The van der Waals surface area contributed by atoms with Gasteiger partial charge in [-0.2, -0.15) is 0 Å². The molecule has 0 bridgehead atoms. The Hall–Kier alpha value is -2.16. The van der Waals surface area contributed by atoms with Crippen molar-refractivity contribution >= 4 is 23.7 Å². The second-order valence-electron chi connectivity index (χ2n) is 7.63. The lowest BCUT2D eigenvalue weighted by Gasteiger charge is -2.34. The Kier molecular flexibility index (Phi) is 7.14. The molecule has 0 unspecified atom stereocenters. The van der Waals surface area contributed by atoms with Crippen molar-refractivity contribution in [3.05, 3.63) is 0 Å². The van der Waals surface area contributed by atoms with Crippen LogP contribution in [0.4, 0.5) is 0 Å². The van der Waals surface area contributed by atoms with Crippen LogP contribution in [0.15, 0.2) is 0 Å². The lowest BCUT2D eigenvalue weighted by molar-refractivity contribution is -0.147. The van der Waals surface area contributed by atoms with Gasteiger partial charge in [-0.1, -0.05) is 13.8 Å². The largest absolute Gasteiger partial charge is 0.480 e. The molecule has 0 aromatic rings. The van der Waals surface area contributed by atoms with E-state index in [1.54, 1.807) is 27.7 Å². The van der Waals surface area contributed by atoms with E-state index in [1.165, 1.54) is 11.8 Å². The number of carbonyl (C=O) groups excluding carboxylic acids is 3. The normalized spacial score (nSPS) is 19.8. The van der Waals surface area contributed by atoms with E-state index in [9.17, 15) is 24.3 Å². The highest BCUT2D eigenvalue weighted by molar-refractivity contribution is 5.96. The lowest BCUT2D eigenvalue weighted by Crippen LogP contribution is -2.61. The van der Waals surface area contributed by atoms with Crippen molar-refractivity contribution in [3.8, 4) is 0 Å². The lowest BCUT2D eigenvalue weighted by atomic mass is 10.0. The molecule has 1 aliphatic heterocycles. The number of carbonyl (C=O) groups is 4. The summed E-state index contributed by atoms with van der Waals surface area (Å²) in [5.74, 6) is -2.77. The summed E-state index contributed by atoms with van der Waals surface area (Å²) in [7, 11) is 0. The number of likely N-dealkylation sites (tertiary alicyclic amines) is 1. The molecule has 0 aliphatic carbocycles. The van der Waals surface area contributed by atoms with E-state index < -0.39 is 47.4 Å². The molecule has 0 aromatic heterocycles. The number of nitrogens with two attached hydrogens (primary N) is 1. The number of hydrogen-bond acceptors (Lipinski definition) is 5. The zero-order chi connectivity index (χ0) is 20.2. The zero-order valence-corrected chi connectivity index (χ0v) is 16.0. The molecule has 1 saturated heterocycles. The standard InChI is InChI=1S/C17H30N4O5/c1-9(2)12(15(24)25)19-14(23)11-7-6-8-21(11)16(26)17(4,5)20-13(22)10(3)18/h9-12H,6-8,18H2,1-5H3,(H,19,23)(H,20,22)(H,24,25)/t10-,11-,12-/m0/s1. The van der Waals surface area contributed by atoms with E-state index in [0.717, 1.165) is 0 Å². The zero-order valence-electron chi connectivity index (χ0n) is 16.0. The average molecular weight is 370 g/mol. The first kappa shape index (κ1) is 21.9. The van der Waals surface area contributed by atoms with Crippen LogP contribution in [0.25, 0.3) is 0 Å². The van der Waals surface area contributed by atoms with Crippen molar-refractivity contribution in [2.45, 2.75) is 71.1 Å². The van der Waals surface area contributed by atoms with Gasteiger partial charge in [0, 0.05) is 6.54 Å². The van der Waals surface area contributed by atoms with Crippen LogP contribution in [-0.4, -0.2) is 63.9 Å². The third-order valence-electron chi connectivity index (χ3n) is 4.43. The van der Waals surface area contributed by atoms with Gasteiger partial charge in [-0.25, -0.2) is 4.79 Å². The van der Waals surface area contributed by atoms with Crippen molar-refractivity contribution in [1.29, 1.82) is 0 Å². The van der Waals surface area contributed by atoms with Crippen molar-refractivity contribution < 1.29 is 24.3 Å². The number of hydrogen-bond donors (Lipinski definition) is 4. The van der Waals surface area contributed by atoms with Crippen LogP contribution >= 0.6 is 0 Å². The van der Waals surface area contributed by atoms with Crippen LogP contribution in [-0.2, 0) is 19.2 Å². The van der Waals surface area contributed by atoms with Gasteiger partial charge in [0.05, 0.1) is 6.04 Å². The predicted octanol–water partition coefficient (Wildman–Crippen LogP) is -0.555. The maximum atomic E-state index is 12.9. The summed E-state index contributed by atoms with van der Waals surface area (Å²) >= 11 is 0. The molecule has 0 saturated carbocycles. The third-order valence-corrected chi connectivity index (χ3v) is 4.43. The van der Waals surface area contributed by atoms with Gasteiger partial charge in [0.25, 0.3) is 0 Å². The molecular formula is C17H30N4O5. The summed E-state index contributed by atoms with van der Waals surface area (Å²) in [6.45, 7) is 8.38. The summed E-state index contributed by atoms with van der Waals surface area (Å²) in [6, 6.07) is -2.54. The molecule has 1 heterocycles. The van der Waals surface area contributed by atoms with E-state index in [2.05, 4.69) is 10.6 Å². The second-order valence-corrected chi connectivity index (χ2v) is 7.63. The maximum Gasteiger partial charge on any atom is 0.326 e. The molecule has 1 rings (SSSR count). The fraction of sp³-hybridized carbons (Fsp3) is 0.765. The predicted molar refractivity (Wildman–Crippen MR) is 95.0 cm³/mol. The van der Waals surface area contributed by atoms with Crippen molar-refractivity contribution in [2.75, 3.05) is 6.54 Å². The van der Waals surface area contributed by atoms with Crippen molar-refractivity contribution in [2.24, 2.45) is 11.7 Å². The molecule has 9 nitrogen and oxygen atoms in total. The van der Waals surface area contributed by atoms with Crippen LogP contribution in [0, 0.1) is 5.92 Å². The number of rotatable bonds is 7. The van der Waals surface area contributed by atoms with Crippen molar-refractivity contribution in [3.63, 3.8) is 0 Å². The SMILES string of the molecule is CC(C)[C@H](NC(=O)[C@@H]1CCCN1C(=O)C(C)(C)NC(=O)[C@H](C)N)C(=O)O. The number of carboxylic acid groups (broad SMARTS) is 1. The van der Waals surface area contributed by atoms with Gasteiger partial charge < -0.3 is 26.4 Å². The number of nitrogens with zero attached hydrogens (tertiary/aromatic N) is 1. The summed E-state index contributed by atoms with van der Waals surface area (Å²) in [5.41, 5.74) is 4.30. The highest BCUT2D eigenvalue weighted by Crippen LogP contribution is 2.22. The molecule has 1 fully saturated rings. The first-order chi connectivity index (χ1) is 11.9. The first-order valence-electron chi connectivity index (χ1n) is 8.80. The summed E-state index contributed by atoms with van der Waals surface area (Å²) in [4.78, 5) is 50.0. The fourth-order valence-corrected chi connectivity index (χ4v) is 2.88. The van der Waals surface area contributed by atoms with Gasteiger partial charge in [0.15, 0.2) is 0 Å². The molecule has 0 spiro atoms. The smallest absolute Gasteiger partial charge is 0.326 e. The van der Waals surface area contributed by atoms with E-state index in [0.29, 0.717) is 19.4 Å². The molecule has 0 aromatic carbocycles. The minimum Gasteiger partial charge on any atom is -0.480 e. The first-order valence-corrected chi connectivity index (χ1v) is 8.80. The number of amides is 3. The molecule has 0 radical (unpaired) electrons. The van der Waals surface area contributed by atoms with Crippen LogP contribution in [0.5, 0.6) is 0 Å². The molecule has 148 valence electrons. The maximum absolute atomic E-state index is 12.9. The highest BCUT2D eigenvalue weighted by atomic mass is 16.4. The average Bonchev–Trinajstić information content (AvgIpc) is 2.99. The Morgan fingerprint density at radius 2 is 1.77 bits per heavy atom. The summed E-state index contributed by atoms with van der Waals surface area (Å²) in [6.07, 6.45) is 1.07. The Labute approximate surface area is 153 Å². The minimum absolute atomic E-state index is 0.288. The van der Waals surface area contributed by atoms with E-state index in [-0.39, 0.29) is 5.92 Å². The fourth-order valence-electron chi connectivity index (χ4n) is 2.88. The number of carboxylic acids is 1. The second kappa shape index (κ2) is 8.48. The quantitative estimate of drug-likeness (QED) is 0.473. The van der Waals surface area contributed by atoms with Crippen LogP contribution < -0.4 is 16.4 Å². The molecule has 26 heavy (non-hydrogen) atoms. The molecule has 1 aliphatic rings. The summed E-state index contributed by atoms with van der Waals surface area (Å²) in [5, 5.41) is 14.3. The van der Waals surface area contributed by atoms with Gasteiger partial charge in [-0.3, -0.25) is 14.4 Å². The highest BCUT2D eigenvalue weighted by Gasteiger charge is 2.42. The number of nitrogens with one attached hydrogen (secondary N) is 2. The van der Waals surface area contributed by atoms with Gasteiger partial charge in [0.2, 0.25) is 17.7 Å². The number of aliphatic carboxylic acids is 1. The van der Waals surface area contributed by atoms with Crippen LogP contribution in [0.1, 0.15) is 47.5 Å². The van der Waals surface area contributed by atoms with Crippen molar-refractivity contribution in [1.82, 2.24) is 15.5 Å². The van der Waals surface area contributed by atoms with Gasteiger partial charge >= 0.3 is 5.97 Å². The topological polar surface area (TPSA) is 142 Å². The summed E-state index contributed by atoms with van der Waals surface area (Å²) < 4.78 is 0. The Morgan fingerprint density at radius 3 is 2.23 bits per heavy atom. The third kappa shape index (κ3) is 5.17. The molecule has 3 amide bonds. The van der Waals surface area contributed by atoms with Crippen LogP contribution in [0.3, 0.4) is 0 Å². The molecular weight excluding hydrogens is 340 g/mol. The molecule has 5 N–H and O–H groups in total. The van der Waals surface area contributed by atoms with Gasteiger partial charge in [-0.05, 0) is 39.5 Å². The van der Waals surface area contributed by atoms with E-state index in [4.69, 9.17) is 5.73 Å². The van der Waals surface area contributed by atoms with E-state index >= 15 is 0 Å². The molecule has 3 atom stereocenters. The molecule has 9 heteroatoms. The van der Waals surface area contributed by atoms with Crippen LogP contribution in [0.2, 0.25) is 0 Å². The van der Waals surface area contributed by atoms with Gasteiger partial charge in [-0.15, -0.1) is 0 Å². The minimum atomic E-state index is -1.22.